The first-order chi connectivity index (χ1) is 8.66. The van der Waals surface area contributed by atoms with Gasteiger partial charge in [-0.05, 0) is 12.8 Å². The lowest BCUT2D eigenvalue weighted by atomic mass is 9.95. The Balaban J connectivity index is 1.93. The number of aliphatic carboxylic acids is 1. The van der Waals surface area contributed by atoms with E-state index in [2.05, 4.69) is 16.9 Å². The van der Waals surface area contributed by atoms with E-state index in [0.29, 0.717) is 12.5 Å². The van der Waals surface area contributed by atoms with Crippen LogP contribution in [0.5, 0.6) is 0 Å². The number of rotatable bonds is 5. The lowest BCUT2D eigenvalue weighted by molar-refractivity contribution is -0.136. The summed E-state index contributed by atoms with van der Waals surface area (Å²) in [6.07, 6.45) is 7.17. The molecular formula is C13H20N2O2S. The van der Waals surface area contributed by atoms with Gasteiger partial charge >= 0.3 is 5.97 Å². The maximum atomic E-state index is 10.5. The van der Waals surface area contributed by atoms with Crippen LogP contribution in [0.3, 0.4) is 0 Å². The Morgan fingerprint density at radius 2 is 2.22 bits per heavy atom. The molecule has 1 aliphatic carbocycles. The first-order valence-electron chi connectivity index (χ1n) is 6.56. The quantitative estimate of drug-likeness (QED) is 0.892. The summed E-state index contributed by atoms with van der Waals surface area (Å²) in [7, 11) is 2.11. The van der Waals surface area contributed by atoms with Crippen LogP contribution in [0, 0.1) is 0 Å². The fourth-order valence-electron chi connectivity index (χ4n) is 2.43. The summed E-state index contributed by atoms with van der Waals surface area (Å²) in [4.78, 5) is 17.3. The number of anilines is 1. The average molecular weight is 268 g/mol. The minimum Gasteiger partial charge on any atom is -0.481 e. The molecule has 1 saturated carbocycles. The molecule has 18 heavy (non-hydrogen) atoms. The van der Waals surface area contributed by atoms with Gasteiger partial charge in [-0.1, -0.05) is 19.3 Å². The zero-order valence-corrected chi connectivity index (χ0v) is 11.6. The Labute approximate surface area is 112 Å². The Bertz CT molecular complexity index is 399. The minimum absolute atomic E-state index is 0.163. The van der Waals surface area contributed by atoms with E-state index in [-0.39, 0.29) is 6.42 Å². The van der Waals surface area contributed by atoms with E-state index in [4.69, 9.17) is 5.11 Å². The molecule has 1 fully saturated rings. The molecule has 0 spiro atoms. The predicted octanol–water partition coefficient (Wildman–Crippen LogP) is 2.93. The van der Waals surface area contributed by atoms with Crippen molar-refractivity contribution < 1.29 is 9.90 Å². The minimum atomic E-state index is -0.759. The molecule has 0 atom stereocenters. The van der Waals surface area contributed by atoms with Crippen molar-refractivity contribution in [2.45, 2.75) is 51.0 Å². The van der Waals surface area contributed by atoms with E-state index in [0.717, 1.165) is 10.8 Å². The number of aryl methyl sites for hydroxylation is 1. The third kappa shape index (κ3) is 3.45. The van der Waals surface area contributed by atoms with Crippen LogP contribution in [0.4, 0.5) is 5.13 Å². The third-order valence-electron chi connectivity index (χ3n) is 3.56. The Morgan fingerprint density at radius 1 is 1.50 bits per heavy atom. The molecule has 0 aliphatic heterocycles. The highest BCUT2D eigenvalue weighted by Crippen LogP contribution is 2.28. The van der Waals surface area contributed by atoms with E-state index in [1.165, 1.54) is 32.1 Å². The number of nitrogens with zero attached hydrogens (tertiary/aromatic N) is 2. The lowest BCUT2D eigenvalue weighted by Gasteiger charge is -2.30. The molecule has 0 radical (unpaired) electrons. The van der Waals surface area contributed by atoms with Crippen LogP contribution >= 0.6 is 11.3 Å². The van der Waals surface area contributed by atoms with Crippen molar-refractivity contribution in [1.82, 2.24) is 4.98 Å². The molecule has 5 heteroatoms. The van der Waals surface area contributed by atoms with Crippen LogP contribution in [0.25, 0.3) is 0 Å². The van der Waals surface area contributed by atoms with Crippen molar-refractivity contribution in [2.75, 3.05) is 11.9 Å². The van der Waals surface area contributed by atoms with Crippen LogP contribution in [-0.4, -0.2) is 29.1 Å². The van der Waals surface area contributed by atoms with Gasteiger partial charge in [-0.25, -0.2) is 4.98 Å². The molecule has 1 aromatic rings. The molecule has 4 nitrogen and oxygen atoms in total. The second-order valence-electron chi connectivity index (χ2n) is 4.92. The van der Waals surface area contributed by atoms with Crippen LogP contribution in [0.2, 0.25) is 0 Å². The molecule has 1 heterocycles. The van der Waals surface area contributed by atoms with Gasteiger partial charge in [0.25, 0.3) is 0 Å². The summed E-state index contributed by atoms with van der Waals surface area (Å²) < 4.78 is 0. The normalized spacial score (nSPS) is 16.7. The largest absolute Gasteiger partial charge is 0.481 e. The SMILES string of the molecule is CN(c1nc(CCC(=O)O)cs1)C1CCCCC1. The van der Waals surface area contributed by atoms with Gasteiger partial charge in [0.2, 0.25) is 0 Å². The molecule has 0 saturated heterocycles. The van der Waals surface area contributed by atoms with Crippen molar-refractivity contribution in [3.63, 3.8) is 0 Å². The number of carboxylic acid groups (broad SMARTS) is 1. The van der Waals surface area contributed by atoms with Crippen molar-refractivity contribution in [3.05, 3.63) is 11.1 Å². The summed E-state index contributed by atoms with van der Waals surface area (Å²) in [5.41, 5.74) is 0.903. The fourth-order valence-corrected chi connectivity index (χ4v) is 3.33. The van der Waals surface area contributed by atoms with Gasteiger partial charge in [-0.3, -0.25) is 4.79 Å². The smallest absolute Gasteiger partial charge is 0.303 e. The van der Waals surface area contributed by atoms with E-state index in [1.54, 1.807) is 11.3 Å². The van der Waals surface area contributed by atoms with Crippen LogP contribution < -0.4 is 4.90 Å². The van der Waals surface area contributed by atoms with Crippen LogP contribution in [0.1, 0.15) is 44.2 Å². The molecular weight excluding hydrogens is 248 g/mol. The Kier molecular flexibility index (Phi) is 4.58. The monoisotopic (exact) mass is 268 g/mol. The van der Waals surface area contributed by atoms with Crippen LogP contribution in [-0.2, 0) is 11.2 Å². The molecule has 0 aromatic carbocycles. The number of aromatic nitrogens is 1. The van der Waals surface area contributed by atoms with Gasteiger partial charge in [-0.15, -0.1) is 11.3 Å². The number of hydrogen-bond donors (Lipinski definition) is 1. The predicted molar refractivity (Wildman–Crippen MR) is 73.3 cm³/mol. The molecule has 1 aromatic heterocycles. The second-order valence-corrected chi connectivity index (χ2v) is 5.75. The summed E-state index contributed by atoms with van der Waals surface area (Å²) in [6.45, 7) is 0. The molecule has 100 valence electrons. The zero-order valence-electron chi connectivity index (χ0n) is 10.8. The first kappa shape index (κ1) is 13.3. The molecule has 2 rings (SSSR count). The van der Waals surface area contributed by atoms with E-state index in [1.807, 2.05) is 5.38 Å². The van der Waals surface area contributed by atoms with Crippen LogP contribution in [0.15, 0.2) is 5.38 Å². The number of carbonyl (C=O) groups is 1. The standard InChI is InChI=1S/C13H20N2O2S/c1-15(11-5-3-2-4-6-11)13-14-10(9-18-13)7-8-12(16)17/h9,11H,2-8H2,1H3,(H,16,17). The fraction of sp³-hybridized carbons (Fsp3) is 0.692. The summed E-state index contributed by atoms with van der Waals surface area (Å²) in [6, 6.07) is 0.609. The lowest BCUT2D eigenvalue weighted by Crippen LogP contribution is -2.33. The topological polar surface area (TPSA) is 53.4 Å². The highest BCUT2D eigenvalue weighted by atomic mass is 32.1. The van der Waals surface area contributed by atoms with Gasteiger partial charge in [0.1, 0.15) is 0 Å². The number of thiazole rings is 1. The first-order valence-corrected chi connectivity index (χ1v) is 7.44. The molecule has 0 unspecified atom stereocenters. The van der Waals surface area contributed by atoms with Crippen molar-refractivity contribution in [2.24, 2.45) is 0 Å². The van der Waals surface area contributed by atoms with Gasteiger partial charge < -0.3 is 10.0 Å². The van der Waals surface area contributed by atoms with Gasteiger partial charge in [-0.2, -0.15) is 0 Å². The molecule has 0 bridgehead atoms. The second kappa shape index (κ2) is 6.18. The van der Waals surface area contributed by atoms with Crippen molar-refractivity contribution in [1.29, 1.82) is 0 Å². The van der Waals surface area contributed by atoms with Crippen molar-refractivity contribution >= 4 is 22.4 Å². The third-order valence-corrected chi connectivity index (χ3v) is 4.54. The zero-order chi connectivity index (χ0) is 13.0. The average Bonchev–Trinajstić information content (AvgIpc) is 2.85. The Morgan fingerprint density at radius 3 is 2.89 bits per heavy atom. The molecule has 1 aliphatic rings. The van der Waals surface area contributed by atoms with E-state index in [9.17, 15) is 4.79 Å². The highest BCUT2D eigenvalue weighted by Gasteiger charge is 2.20. The molecule has 0 amide bonds. The maximum absolute atomic E-state index is 10.5. The summed E-state index contributed by atoms with van der Waals surface area (Å²) in [5.74, 6) is -0.759. The van der Waals surface area contributed by atoms with E-state index < -0.39 is 5.97 Å². The van der Waals surface area contributed by atoms with Gasteiger partial charge in [0.05, 0.1) is 12.1 Å². The number of hydrogen-bond acceptors (Lipinski definition) is 4. The van der Waals surface area contributed by atoms with Crippen molar-refractivity contribution in [3.8, 4) is 0 Å². The maximum Gasteiger partial charge on any atom is 0.303 e. The number of carboxylic acids is 1. The summed E-state index contributed by atoms with van der Waals surface area (Å²) >= 11 is 1.62. The Hall–Kier alpha value is -1.10. The molecule has 1 N–H and O–H groups in total. The van der Waals surface area contributed by atoms with E-state index >= 15 is 0 Å². The van der Waals surface area contributed by atoms with Gasteiger partial charge in [0, 0.05) is 24.9 Å². The summed E-state index contributed by atoms with van der Waals surface area (Å²) in [5, 5.41) is 11.7. The highest BCUT2D eigenvalue weighted by molar-refractivity contribution is 7.13. The van der Waals surface area contributed by atoms with Gasteiger partial charge in [0.15, 0.2) is 5.13 Å².